The minimum absolute atomic E-state index is 0.930. The maximum atomic E-state index is 2.56. The number of aryl methyl sites for hydroxylation is 1. The third-order valence-corrected chi connectivity index (χ3v) is 3.31. The molecule has 0 radical (unpaired) electrons. The van der Waals surface area contributed by atoms with Crippen LogP contribution in [0.3, 0.4) is 0 Å². The Labute approximate surface area is 86.5 Å². The molecule has 1 saturated heterocycles. The van der Waals surface area contributed by atoms with Crippen molar-refractivity contribution in [2.24, 2.45) is 13.0 Å². The molecule has 0 atom stereocenters. The second-order valence-electron chi connectivity index (χ2n) is 4.57. The predicted molar refractivity (Wildman–Crippen MR) is 59.1 cm³/mol. The SMILES string of the molecule is CC1CCN(Cc2cccn2C)CC1. The van der Waals surface area contributed by atoms with Crippen molar-refractivity contribution in [1.82, 2.24) is 9.47 Å². The van der Waals surface area contributed by atoms with Crippen molar-refractivity contribution >= 4 is 0 Å². The van der Waals surface area contributed by atoms with Gasteiger partial charge in [0.05, 0.1) is 0 Å². The minimum Gasteiger partial charge on any atom is -0.353 e. The number of piperidine rings is 1. The molecule has 1 aromatic rings. The van der Waals surface area contributed by atoms with Crippen molar-refractivity contribution in [3.05, 3.63) is 24.0 Å². The van der Waals surface area contributed by atoms with Gasteiger partial charge in [-0.05, 0) is 44.0 Å². The van der Waals surface area contributed by atoms with Gasteiger partial charge in [0, 0.05) is 25.5 Å². The summed E-state index contributed by atoms with van der Waals surface area (Å²) in [6, 6.07) is 4.35. The average molecular weight is 192 g/mol. The van der Waals surface area contributed by atoms with E-state index in [2.05, 4.69) is 41.8 Å². The largest absolute Gasteiger partial charge is 0.353 e. The summed E-state index contributed by atoms with van der Waals surface area (Å²) in [5.74, 6) is 0.930. The first-order valence-corrected chi connectivity index (χ1v) is 5.58. The van der Waals surface area contributed by atoms with E-state index in [1.165, 1.54) is 31.6 Å². The molecule has 1 aromatic heterocycles. The van der Waals surface area contributed by atoms with Crippen LogP contribution in [0.1, 0.15) is 25.5 Å². The molecule has 1 fully saturated rings. The first-order chi connectivity index (χ1) is 6.75. The molecule has 0 aliphatic carbocycles. The highest BCUT2D eigenvalue weighted by molar-refractivity contribution is 5.06. The molecule has 0 aromatic carbocycles. The molecule has 2 rings (SSSR count). The molecular weight excluding hydrogens is 172 g/mol. The number of likely N-dealkylation sites (tertiary alicyclic amines) is 1. The summed E-state index contributed by atoms with van der Waals surface area (Å²) in [4.78, 5) is 2.56. The van der Waals surface area contributed by atoms with Gasteiger partial charge in [-0.25, -0.2) is 0 Å². The van der Waals surface area contributed by atoms with Crippen LogP contribution in [0.25, 0.3) is 0 Å². The summed E-state index contributed by atoms with van der Waals surface area (Å²) in [6.07, 6.45) is 4.86. The average Bonchev–Trinajstić information content (AvgIpc) is 2.56. The number of hydrogen-bond acceptors (Lipinski definition) is 1. The van der Waals surface area contributed by atoms with Crippen LogP contribution in [-0.4, -0.2) is 22.6 Å². The van der Waals surface area contributed by atoms with Crippen molar-refractivity contribution in [2.75, 3.05) is 13.1 Å². The molecule has 0 saturated carbocycles. The number of rotatable bonds is 2. The van der Waals surface area contributed by atoms with E-state index < -0.39 is 0 Å². The van der Waals surface area contributed by atoms with E-state index in [1.807, 2.05) is 0 Å². The molecule has 0 N–H and O–H groups in total. The number of hydrogen-bond donors (Lipinski definition) is 0. The van der Waals surface area contributed by atoms with Crippen LogP contribution < -0.4 is 0 Å². The molecule has 14 heavy (non-hydrogen) atoms. The Hall–Kier alpha value is -0.760. The van der Waals surface area contributed by atoms with Crippen molar-refractivity contribution in [2.45, 2.75) is 26.3 Å². The lowest BCUT2D eigenvalue weighted by atomic mass is 9.99. The number of nitrogens with zero attached hydrogens (tertiary/aromatic N) is 2. The van der Waals surface area contributed by atoms with Gasteiger partial charge in [-0.2, -0.15) is 0 Å². The van der Waals surface area contributed by atoms with E-state index in [4.69, 9.17) is 0 Å². The Bertz CT molecular complexity index is 282. The van der Waals surface area contributed by atoms with E-state index in [1.54, 1.807) is 0 Å². The molecule has 0 bridgehead atoms. The summed E-state index contributed by atoms with van der Waals surface area (Å²) in [6.45, 7) is 6.02. The third kappa shape index (κ3) is 2.18. The van der Waals surface area contributed by atoms with Crippen molar-refractivity contribution in [1.29, 1.82) is 0 Å². The van der Waals surface area contributed by atoms with Crippen LogP contribution in [0.2, 0.25) is 0 Å². The normalized spacial score (nSPS) is 20.1. The molecule has 0 amide bonds. The summed E-state index contributed by atoms with van der Waals surface area (Å²) >= 11 is 0. The maximum absolute atomic E-state index is 2.56. The first-order valence-electron chi connectivity index (χ1n) is 5.58. The second kappa shape index (κ2) is 4.18. The van der Waals surface area contributed by atoms with Gasteiger partial charge in [-0.3, -0.25) is 4.90 Å². The Kier molecular flexibility index (Phi) is 2.92. The molecular formula is C12H20N2. The quantitative estimate of drug-likeness (QED) is 0.698. The Morgan fingerprint density at radius 1 is 1.36 bits per heavy atom. The van der Waals surface area contributed by atoms with E-state index >= 15 is 0 Å². The smallest absolute Gasteiger partial charge is 0.0387 e. The van der Waals surface area contributed by atoms with Crippen LogP contribution in [0.4, 0.5) is 0 Å². The summed E-state index contributed by atoms with van der Waals surface area (Å²) in [5.41, 5.74) is 1.43. The molecule has 1 aliphatic rings. The van der Waals surface area contributed by atoms with Crippen molar-refractivity contribution in [3.63, 3.8) is 0 Å². The van der Waals surface area contributed by atoms with E-state index in [9.17, 15) is 0 Å². The maximum Gasteiger partial charge on any atom is 0.0387 e. The van der Waals surface area contributed by atoms with Crippen LogP contribution in [0, 0.1) is 5.92 Å². The fourth-order valence-corrected chi connectivity index (χ4v) is 2.11. The van der Waals surface area contributed by atoms with E-state index in [0.29, 0.717) is 0 Å². The number of aromatic nitrogens is 1. The Morgan fingerprint density at radius 3 is 2.64 bits per heavy atom. The highest BCUT2D eigenvalue weighted by atomic mass is 15.1. The van der Waals surface area contributed by atoms with Gasteiger partial charge in [0.1, 0.15) is 0 Å². The predicted octanol–water partition coefficient (Wildman–Crippen LogP) is 2.26. The summed E-state index contributed by atoms with van der Waals surface area (Å²) < 4.78 is 2.22. The minimum atomic E-state index is 0.930. The zero-order valence-corrected chi connectivity index (χ0v) is 9.24. The highest BCUT2D eigenvalue weighted by Gasteiger charge is 2.15. The molecule has 0 unspecified atom stereocenters. The van der Waals surface area contributed by atoms with Crippen molar-refractivity contribution in [3.8, 4) is 0 Å². The van der Waals surface area contributed by atoms with E-state index in [0.717, 1.165) is 12.5 Å². The fourth-order valence-electron chi connectivity index (χ4n) is 2.11. The van der Waals surface area contributed by atoms with Gasteiger partial charge in [0.15, 0.2) is 0 Å². The van der Waals surface area contributed by atoms with E-state index in [-0.39, 0.29) is 0 Å². The summed E-state index contributed by atoms with van der Waals surface area (Å²) in [7, 11) is 2.13. The fraction of sp³-hybridized carbons (Fsp3) is 0.667. The topological polar surface area (TPSA) is 8.17 Å². The Morgan fingerprint density at radius 2 is 2.07 bits per heavy atom. The molecule has 78 valence electrons. The van der Waals surface area contributed by atoms with Crippen LogP contribution >= 0.6 is 0 Å². The van der Waals surface area contributed by atoms with Gasteiger partial charge in [0.25, 0.3) is 0 Å². The second-order valence-corrected chi connectivity index (χ2v) is 4.57. The molecule has 2 nitrogen and oxygen atoms in total. The van der Waals surface area contributed by atoms with Gasteiger partial charge >= 0.3 is 0 Å². The molecule has 2 heterocycles. The lowest BCUT2D eigenvalue weighted by Gasteiger charge is -2.30. The van der Waals surface area contributed by atoms with Gasteiger partial charge in [-0.15, -0.1) is 0 Å². The first kappa shape index (κ1) is 9.78. The molecule has 2 heteroatoms. The van der Waals surface area contributed by atoms with Crippen LogP contribution in [-0.2, 0) is 13.6 Å². The lowest BCUT2D eigenvalue weighted by Crippen LogP contribution is -2.32. The standard InChI is InChI=1S/C12H20N2/c1-11-5-8-14(9-6-11)10-12-4-3-7-13(12)2/h3-4,7,11H,5-6,8-10H2,1-2H3. The molecule has 0 spiro atoms. The third-order valence-electron chi connectivity index (χ3n) is 3.31. The lowest BCUT2D eigenvalue weighted by molar-refractivity contribution is 0.182. The highest BCUT2D eigenvalue weighted by Crippen LogP contribution is 2.17. The van der Waals surface area contributed by atoms with Crippen molar-refractivity contribution < 1.29 is 0 Å². The summed E-state index contributed by atoms with van der Waals surface area (Å²) in [5, 5.41) is 0. The van der Waals surface area contributed by atoms with Gasteiger partial charge in [-0.1, -0.05) is 6.92 Å². The molecule has 1 aliphatic heterocycles. The van der Waals surface area contributed by atoms with Gasteiger partial charge in [0.2, 0.25) is 0 Å². The van der Waals surface area contributed by atoms with Crippen LogP contribution in [0.15, 0.2) is 18.3 Å². The van der Waals surface area contributed by atoms with Gasteiger partial charge < -0.3 is 4.57 Å². The zero-order chi connectivity index (χ0) is 9.97. The Balaban J connectivity index is 1.89. The van der Waals surface area contributed by atoms with Crippen LogP contribution in [0.5, 0.6) is 0 Å². The zero-order valence-electron chi connectivity index (χ0n) is 9.24. The monoisotopic (exact) mass is 192 g/mol.